The van der Waals surface area contributed by atoms with Gasteiger partial charge in [0.2, 0.25) is 15.9 Å². The molecule has 3 N–H and O–H groups in total. The number of hydrogen-bond donors (Lipinski definition) is 3. The molecular weight excluding hydrogens is 540 g/mol. The van der Waals surface area contributed by atoms with Crippen molar-refractivity contribution in [1.29, 1.82) is 0 Å². The van der Waals surface area contributed by atoms with E-state index in [1.54, 1.807) is 18.2 Å². The first-order valence-electron chi connectivity index (χ1n) is 14.4. The van der Waals surface area contributed by atoms with Gasteiger partial charge < -0.3 is 10.4 Å². The number of aliphatic hydroxyl groups excluding tert-OH is 1. The summed E-state index contributed by atoms with van der Waals surface area (Å²) in [6, 6.07) is 16.2. The van der Waals surface area contributed by atoms with Crippen LogP contribution in [0.2, 0.25) is 0 Å². The zero-order valence-electron chi connectivity index (χ0n) is 24.9. The highest BCUT2D eigenvalue weighted by molar-refractivity contribution is 7.89. The van der Waals surface area contributed by atoms with Gasteiger partial charge in [-0.2, -0.15) is 4.31 Å². The summed E-state index contributed by atoms with van der Waals surface area (Å²) in [5.74, 6) is -0.698. The third-order valence-electron chi connectivity index (χ3n) is 6.96. The van der Waals surface area contributed by atoms with Crippen molar-refractivity contribution in [3.63, 3.8) is 0 Å². The Balaban J connectivity index is 2.01. The first-order valence-corrected chi connectivity index (χ1v) is 15.8. The van der Waals surface area contributed by atoms with Crippen molar-refractivity contribution in [3.05, 3.63) is 66.2 Å². The Kier molecular flexibility index (Phi) is 11.5. The van der Waals surface area contributed by atoms with Crippen LogP contribution in [-0.2, 0) is 26.0 Å². The average Bonchev–Trinajstić information content (AvgIpc) is 3.45. The Labute approximate surface area is 245 Å². The maximum atomic E-state index is 13.8. The van der Waals surface area contributed by atoms with Crippen LogP contribution >= 0.6 is 0 Å². The van der Waals surface area contributed by atoms with Gasteiger partial charge in [-0.25, -0.2) is 13.4 Å². The summed E-state index contributed by atoms with van der Waals surface area (Å²) in [5.41, 5.74) is 3.29. The molecule has 226 valence electrons. The number of carbonyl (C=O) groups excluding carboxylic acids is 2. The minimum atomic E-state index is -3.94. The molecule has 1 unspecified atom stereocenters. The number of benzene rings is 2. The normalized spacial score (nSPS) is 17.4. The second kappa shape index (κ2) is 14.4. The second-order valence-electron chi connectivity index (χ2n) is 12.5. The van der Waals surface area contributed by atoms with Crippen molar-refractivity contribution in [2.75, 3.05) is 19.6 Å². The lowest BCUT2D eigenvalue weighted by molar-refractivity contribution is -0.150. The number of rotatable bonds is 12. The molecule has 0 spiro atoms. The molecule has 1 heterocycles. The minimum Gasteiger partial charge on any atom is -0.390 e. The molecule has 1 fully saturated rings. The predicted molar refractivity (Wildman–Crippen MR) is 160 cm³/mol. The Morgan fingerprint density at radius 1 is 1.02 bits per heavy atom. The van der Waals surface area contributed by atoms with Gasteiger partial charge in [-0.15, -0.1) is 0 Å². The summed E-state index contributed by atoms with van der Waals surface area (Å²) in [6.07, 6.45) is 0.550. The molecule has 41 heavy (non-hydrogen) atoms. The third kappa shape index (κ3) is 9.63. The SMILES string of the molecule is CC(C)CN(C[C@@H](O)[C@H](Cc1ccccc1)N(NC(=O)C1CCCN1)C(=O)CC(C)(C)C)S(=O)(=O)c1ccccc1. The van der Waals surface area contributed by atoms with Crippen molar-refractivity contribution in [2.24, 2.45) is 11.3 Å². The van der Waals surface area contributed by atoms with E-state index in [-0.39, 0.29) is 54.0 Å². The molecular formula is C31H46N4O5S. The van der Waals surface area contributed by atoms with Gasteiger partial charge in [-0.3, -0.25) is 15.0 Å². The molecule has 1 aliphatic rings. The Morgan fingerprint density at radius 3 is 2.17 bits per heavy atom. The topological polar surface area (TPSA) is 119 Å². The summed E-state index contributed by atoms with van der Waals surface area (Å²) >= 11 is 0. The van der Waals surface area contributed by atoms with Gasteiger partial charge in [-0.1, -0.05) is 83.1 Å². The summed E-state index contributed by atoms with van der Waals surface area (Å²) < 4.78 is 28.6. The highest BCUT2D eigenvalue weighted by atomic mass is 32.2. The molecule has 0 bridgehead atoms. The van der Waals surface area contributed by atoms with E-state index < -0.39 is 28.2 Å². The lowest BCUT2D eigenvalue weighted by Gasteiger charge is -2.38. The van der Waals surface area contributed by atoms with E-state index in [1.165, 1.54) is 21.4 Å². The molecule has 2 amide bonds. The van der Waals surface area contributed by atoms with Gasteiger partial charge >= 0.3 is 0 Å². The molecule has 1 saturated heterocycles. The van der Waals surface area contributed by atoms with Crippen LogP contribution in [0.4, 0.5) is 0 Å². The number of carbonyl (C=O) groups is 2. The van der Waals surface area contributed by atoms with Crippen LogP contribution in [-0.4, -0.2) is 72.5 Å². The number of hydrazine groups is 1. The molecule has 0 saturated carbocycles. The molecule has 0 radical (unpaired) electrons. The fraction of sp³-hybridized carbons (Fsp3) is 0.548. The van der Waals surface area contributed by atoms with E-state index in [9.17, 15) is 23.1 Å². The molecule has 2 aromatic carbocycles. The van der Waals surface area contributed by atoms with Crippen molar-refractivity contribution in [3.8, 4) is 0 Å². The summed E-state index contributed by atoms with van der Waals surface area (Å²) in [4.78, 5) is 27.2. The highest BCUT2D eigenvalue weighted by Crippen LogP contribution is 2.24. The first kappa shape index (κ1) is 32.7. The first-order chi connectivity index (χ1) is 19.3. The summed E-state index contributed by atoms with van der Waals surface area (Å²) in [5, 5.41) is 16.2. The Hall–Kier alpha value is -2.79. The molecule has 1 aliphatic heterocycles. The fourth-order valence-corrected chi connectivity index (χ4v) is 6.62. The maximum absolute atomic E-state index is 13.8. The third-order valence-corrected chi connectivity index (χ3v) is 8.81. The van der Waals surface area contributed by atoms with E-state index in [0.29, 0.717) is 13.0 Å². The zero-order chi connectivity index (χ0) is 30.2. The monoisotopic (exact) mass is 586 g/mol. The van der Waals surface area contributed by atoms with Crippen LogP contribution in [0, 0.1) is 11.3 Å². The Bertz CT molecular complexity index is 1230. The Morgan fingerprint density at radius 2 is 1.63 bits per heavy atom. The van der Waals surface area contributed by atoms with Crippen molar-refractivity contribution < 1.29 is 23.1 Å². The smallest absolute Gasteiger partial charge is 0.255 e. The van der Waals surface area contributed by atoms with Crippen LogP contribution in [0.5, 0.6) is 0 Å². The number of nitrogens with zero attached hydrogens (tertiary/aromatic N) is 2. The summed E-state index contributed by atoms with van der Waals surface area (Å²) in [6.45, 7) is 10.3. The molecule has 0 aliphatic carbocycles. The number of nitrogens with one attached hydrogen (secondary N) is 2. The van der Waals surface area contributed by atoms with Crippen LogP contribution in [0.1, 0.15) is 59.4 Å². The van der Waals surface area contributed by atoms with E-state index in [0.717, 1.165) is 12.0 Å². The number of hydrogen-bond acceptors (Lipinski definition) is 6. The molecule has 9 nitrogen and oxygen atoms in total. The van der Waals surface area contributed by atoms with E-state index in [4.69, 9.17) is 0 Å². The van der Waals surface area contributed by atoms with Crippen LogP contribution in [0.3, 0.4) is 0 Å². The molecule has 10 heteroatoms. The van der Waals surface area contributed by atoms with Crippen molar-refractivity contribution >= 4 is 21.8 Å². The average molecular weight is 587 g/mol. The fourth-order valence-electron chi connectivity index (χ4n) is 4.98. The maximum Gasteiger partial charge on any atom is 0.255 e. The quantitative estimate of drug-likeness (QED) is 0.328. The molecule has 3 atom stereocenters. The molecule has 3 rings (SSSR count). The minimum absolute atomic E-state index is 0.0139. The van der Waals surface area contributed by atoms with Gasteiger partial charge in [-0.05, 0) is 54.8 Å². The van der Waals surface area contributed by atoms with Crippen molar-refractivity contribution in [1.82, 2.24) is 20.1 Å². The number of amides is 2. The van der Waals surface area contributed by atoms with Gasteiger partial charge in [0, 0.05) is 19.5 Å². The van der Waals surface area contributed by atoms with E-state index >= 15 is 0 Å². The largest absolute Gasteiger partial charge is 0.390 e. The lowest BCUT2D eigenvalue weighted by atomic mass is 9.91. The van der Waals surface area contributed by atoms with Crippen LogP contribution < -0.4 is 10.7 Å². The predicted octanol–water partition coefficient (Wildman–Crippen LogP) is 3.35. The second-order valence-corrected chi connectivity index (χ2v) is 14.4. The summed E-state index contributed by atoms with van der Waals surface area (Å²) in [7, 11) is -3.94. The van der Waals surface area contributed by atoms with Crippen molar-refractivity contribution in [2.45, 2.75) is 83.4 Å². The number of aliphatic hydroxyl groups is 1. The lowest BCUT2D eigenvalue weighted by Crippen LogP contribution is -2.61. The van der Waals surface area contributed by atoms with E-state index in [1.807, 2.05) is 65.0 Å². The van der Waals surface area contributed by atoms with Gasteiger partial charge in [0.25, 0.3) is 5.91 Å². The van der Waals surface area contributed by atoms with E-state index in [2.05, 4.69) is 10.7 Å². The van der Waals surface area contributed by atoms with Crippen LogP contribution in [0.15, 0.2) is 65.6 Å². The van der Waals surface area contributed by atoms with Gasteiger partial charge in [0.15, 0.2) is 0 Å². The zero-order valence-corrected chi connectivity index (χ0v) is 25.7. The van der Waals surface area contributed by atoms with Gasteiger partial charge in [0.1, 0.15) is 0 Å². The number of sulfonamides is 1. The van der Waals surface area contributed by atoms with Crippen LogP contribution in [0.25, 0.3) is 0 Å². The molecule has 0 aromatic heterocycles. The highest BCUT2D eigenvalue weighted by Gasteiger charge is 2.38. The van der Waals surface area contributed by atoms with Gasteiger partial charge in [0.05, 0.1) is 23.1 Å². The molecule has 2 aromatic rings. The standard InChI is InChI=1S/C31H46N4O5S/c1-23(2)21-34(41(39,40)25-15-10-7-11-16-25)22-28(36)27(19-24-13-8-6-9-14-24)35(29(37)20-31(3,4)5)33-30(38)26-17-12-18-32-26/h6-11,13-16,23,26-28,32,36H,12,17-22H2,1-5H3,(H,33,38)/t26?,27-,28+/m0/s1.